The highest BCUT2D eigenvalue weighted by Crippen LogP contribution is 2.35. The summed E-state index contributed by atoms with van der Waals surface area (Å²) in [7, 11) is 3.44. The largest absolute Gasteiger partial charge is 0.381 e. The lowest BCUT2D eigenvalue weighted by Crippen LogP contribution is -2.23. The van der Waals surface area contributed by atoms with Gasteiger partial charge in [0.25, 0.3) is 0 Å². The van der Waals surface area contributed by atoms with E-state index in [4.69, 9.17) is 23.2 Å². The van der Waals surface area contributed by atoms with Crippen LogP contribution in [0.3, 0.4) is 0 Å². The maximum Gasteiger partial charge on any atom is 0.223 e. The number of carbonyl (C=O) groups excluding carboxylic acids is 1. The molecule has 0 aliphatic heterocycles. The molecule has 0 saturated heterocycles. The topological polar surface area (TPSA) is 58.1 Å². The first-order valence-electron chi connectivity index (χ1n) is 5.55. The molecule has 0 aliphatic carbocycles. The second kappa shape index (κ2) is 5.90. The van der Waals surface area contributed by atoms with Crippen molar-refractivity contribution in [2.24, 2.45) is 0 Å². The van der Waals surface area contributed by atoms with Crippen molar-refractivity contribution in [2.45, 2.75) is 6.42 Å². The molecule has 5 nitrogen and oxygen atoms in total. The first-order valence-corrected chi connectivity index (χ1v) is 7.03. The molecule has 0 atom stereocenters. The third kappa shape index (κ3) is 3.08. The quantitative estimate of drug-likeness (QED) is 0.941. The standard InChI is InChI=1S/C11H12Cl2N4OS/c1-17(2)8(18)3-4-14-9-6(12)5-7(13)10-11(9)16-19-15-10/h5,14H,3-4H2,1-2H3. The van der Waals surface area contributed by atoms with E-state index in [2.05, 4.69) is 14.1 Å². The maximum atomic E-state index is 11.5. The lowest BCUT2D eigenvalue weighted by Gasteiger charge is -2.12. The van der Waals surface area contributed by atoms with Crippen LogP contribution in [0.2, 0.25) is 10.0 Å². The lowest BCUT2D eigenvalue weighted by molar-refractivity contribution is -0.128. The molecule has 0 unspecified atom stereocenters. The third-order valence-corrected chi connectivity index (χ3v) is 3.70. The van der Waals surface area contributed by atoms with Crippen molar-refractivity contribution in [1.82, 2.24) is 13.6 Å². The van der Waals surface area contributed by atoms with E-state index in [-0.39, 0.29) is 5.91 Å². The van der Waals surface area contributed by atoms with Crippen molar-refractivity contribution in [2.75, 3.05) is 26.0 Å². The Labute approximate surface area is 124 Å². The molecule has 0 bridgehead atoms. The number of fused-ring (bicyclic) bond motifs is 1. The van der Waals surface area contributed by atoms with Gasteiger partial charge in [0.2, 0.25) is 5.91 Å². The van der Waals surface area contributed by atoms with Gasteiger partial charge in [-0.05, 0) is 6.07 Å². The van der Waals surface area contributed by atoms with E-state index in [9.17, 15) is 4.79 Å². The zero-order valence-corrected chi connectivity index (χ0v) is 12.7. The van der Waals surface area contributed by atoms with Gasteiger partial charge in [-0.1, -0.05) is 23.2 Å². The molecule has 102 valence electrons. The van der Waals surface area contributed by atoms with Crippen LogP contribution in [-0.2, 0) is 4.79 Å². The van der Waals surface area contributed by atoms with E-state index in [1.54, 1.807) is 25.1 Å². The Hall–Kier alpha value is -1.11. The highest BCUT2D eigenvalue weighted by Gasteiger charge is 2.14. The van der Waals surface area contributed by atoms with Crippen LogP contribution >= 0.6 is 34.9 Å². The van der Waals surface area contributed by atoms with Crippen LogP contribution in [0.1, 0.15) is 6.42 Å². The van der Waals surface area contributed by atoms with Gasteiger partial charge in [-0.15, -0.1) is 0 Å². The van der Waals surface area contributed by atoms with E-state index in [0.29, 0.717) is 39.7 Å². The Kier molecular flexibility index (Phi) is 4.44. The molecule has 1 heterocycles. The molecule has 8 heteroatoms. The van der Waals surface area contributed by atoms with Gasteiger partial charge in [-0.2, -0.15) is 8.75 Å². The fraction of sp³-hybridized carbons (Fsp3) is 0.364. The molecule has 19 heavy (non-hydrogen) atoms. The number of carbonyl (C=O) groups is 1. The minimum absolute atomic E-state index is 0.0465. The zero-order chi connectivity index (χ0) is 14.0. The summed E-state index contributed by atoms with van der Waals surface area (Å²) in [5.41, 5.74) is 1.93. The summed E-state index contributed by atoms with van der Waals surface area (Å²) in [6.07, 6.45) is 0.380. The lowest BCUT2D eigenvalue weighted by atomic mass is 10.2. The summed E-state index contributed by atoms with van der Waals surface area (Å²) < 4.78 is 8.29. The number of rotatable bonds is 4. The molecule has 1 N–H and O–H groups in total. The average molecular weight is 319 g/mol. The number of nitrogens with zero attached hydrogens (tertiary/aromatic N) is 3. The number of halogens is 2. The number of anilines is 1. The number of hydrogen-bond donors (Lipinski definition) is 1. The van der Waals surface area contributed by atoms with Crippen LogP contribution in [-0.4, -0.2) is 40.2 Å². The number of hydrogen-bond acceptors (Lipinski definition) is 5. The summed E-state index contributed by atoms with van der Waals surface area (Å²) in [5, 5.41) is 4.07. The molecular weight excluding hydrogens is 307 g/mol. The first kappa shape index (κ1) is 14.3. The Morgan fingerprint density at radius 3 is 2.68 bits per heavy atom. The van der Waals surface area contributed by atoms with Gasteiger partial charge in [0.15, 0.2) is 0 Å². The van der Waals surface area contributed by atoms with Crippen molar-refractivity contribution in [3.05, 3.63) is 16.1 Å². The van der Waals surface area contributed by atoms with Crippen molar-refractivity contribution in [3.63, 3.8) is 0 Å². The van der Waals surface area contributed by atoms with Crippen LogP contribution in [0.4, 0.5) is 5.69 Å². The molecule has 0 spiro atoms. The molecule has 0 radical (unpaired) electrons. The van der Waals surface area contributed by atoms with Crippen molar-refractivity contribution < 1.29 is 4.79 Å². The second-order valence-corrected chi connectivity index (χ2v) is 5.48. The summed E-state index contributed by atoms with van der Waals surface area (Å²) in [5.74, 6) is 0.0465. The summed E-state index contributed by atoms with van der Waals surface area (Å²) in [6.45, 7) is 0.477. The smallest absolute Gasteiger partial charge is 0.223 e. The number of aromatic nitrogens is 2. The van der Waals surface area contributed by atoms with Gasteiger partial charge in [0, 0.05) is 27.1 Å². The minimum atomic E-state index is 0.0465. The SMILES string of the molecule is CN(C)C(=O)CCNc1c(Cl)cc(Cl)c2nsnc12. The van der Waals surface area contributed by atoms with E-state index in [1.165, 1.54) is 0 Å². The molecule has 2 rings (SSSR count). The van der Waals surface area contributed by atoms with E-state index in [0.717, 1.165) is 11.7 Å². The van der Waals surface area contributed by atoms with Crippen LogP contribution in [0.15, 0.2) is 6.07 Å². The molecule has 2 aromatic rings. The second-order valence-electron chi connectivity index (χ2n) is 4.14. The van der Waals surface area contributed by atoms with Gasteiger partial charge in [0.05, 0.1) is 27.5 Å². The summed E-state index contributed by atoms with van der Waals surface area (Å²) in [6, 6.07) is 1.63. The van der Waals surface area contributed by atoms with Crippen molar-refractivity contribution >= 4 is 57.6 Å². The highest BCUT2D eigenvalue weighted by atomic mass is 35.5. The normalized spacial score (nSPS) is 10.7. The van der Waals surface area contributed by atoms with Crippen LogP contribution in [0.25, 0.3) is 11.0 Å². The van der Waals surface area contributed by atoms with Crippen LogP contribution < -0.4 is 5.32 Å². The van der Waals surface area contributed by atoms with Gasteiger partial charge in [-0.25, -0.2) is 0 Å². The van der Waals surface area contributed by atoms with Gasteiger partial charge in [-0.3, -0.25) is 4.79 Å². The number of amides is 1. The fourth-order valence-corrected chi connectivity index (χ4v) is 2.74. The van der Waals surface area contributed by atoms with E-state index < -0.39 is 0 Å². The summed E-state index contributed by atoms with van der Waals surface area (Å²) in [4.78, 5) is 13.0. The van der Waals surface area contributed by atoms with Crippen molar-refractivity contribution in [3.8, 4) is 0 Å². The molecule has 1 amide bonds. The molecule has 1 aromatic carbocycles. The number of benzene rings is 1. The van der Waals surface area contributed by atoms with Gasteiger partial charge >= 0.3 is 0 Å². The Balaban J connectivity index is 2.17. The Morgan fingerprint density at radius 1 is 1.32 bits per heavy atom. The molecule has 1 aromatic heterocycles. The van der Waals surface area contributed by atoms with Gasteiger partial charge < -0.3 is 10.2 Å². The highest BCUT2D eigenvalue weighted by molar-refractivity contribution is 7.00. The van der Waals surface area contributed by atoms with Gasteiger partial charge in [0.1, 0.15) is 11.0 Å². The predicted octanol–water partition coefficient (Wildman–Crippen LogP) is 2.89. The third-order valence-electron chi connectivity index (χ3n) is 2.58. The Bertz CT molecular complexity index is 614. The predicted molar refractivity (Wildman–Crippen MR) is 79.2 cm³/mol. The minimum Gasteiger partial charge on any atom is -0.381 e. The molecule has 0 saturated carbocycles. The van der Waals surface area contributed by atoms with E-state index in [1.807, 2.05) is 0 Å². The van der Waals surface area contributed by atoms with E-state index >= 15 is 0 Å². The molecular formula is C11H12Cl2N4OS. The monoisotopic (exact) mass is 318 g/mol. The molecule has 0 aliphatic rings. The maximum absolute atomic E-state index is 11.5. The Morgan fingerprint density at radius 2 is 2.00 bits per heavy atom. The van der Waals surface area contributed by atoms with Crippen LogP contribution in [0.5, 0.6) is 0 Å². The van der Waals surface area contributed by atoms with Crippen molar-refractivity contribution in [1.29, 1.82) is 0 Å². The fourth-order valence-electron chi connectivity index (χ4n) is 1.56. The number of nitrogens with one attached hydrogen (secondary N) is 1. The first-order chi connectivity index (χ1) is 9.00. The molecule has 0 fully saturated rings. The summed E-state index contributed by atoms with van der Waals surface area (Å²) >= 11 is 13.2. The average Bonchev–Trinajstić information content (AvgIpc) is 2.82. The van der Waals surface area contributed by atoms with Crippen LogP contribution in [0, 0.1) is 0 Å². The zero-order valence-electron chi connectivity index (χ0n) is 10.4.